The highest BCUT2D eigenvalue weighted by Gasteiger charge is 2.35. The number of hydrogen-bond donors (Lipinski definition) is 1. The highest BCUT2D eigenvalue weighted by Crippen LogP contribution is 2.39. The number of aromatic nitrogens is 1. The Bertz CT molecular complexity index is 358. The van der Waals surface area contributed by atoms with Gasteiger partial charge in [-0.05, 0) is 47.7 Å². The van der Waals surface area contributed by atoms with Gasteiger partial charge in [0.25, 0.3) is 0 Å². The van der Waals surface area contributed by atoms with Gasteiger partial charge in [-0.25, -0.2) is 4.98 Å². The van der Waals surface area contributed by atoms with Crippen LogP contribution in [0, 0.1) is 0 Å². The van der Waals surface area contributed by atoms with Crippen molar-refractivity contribution < 1.29 is 0 Å². The molecule has 0 spiro atoms. The number of halogens is 2. The van der Waals surface area contributed by atoms with Crippen molar-refractivity contribution in [2.45, 2.75) is 38.1 Å². The van der Waals surface area contributed by atoms with Crippen molar-refractivity contribution in [3.63, 3.8) is 0 Å². The number of pyridine rings is 1. The van der Waals surface area contributed by atoms with E-state index in [0.717, 1.165) is 16.7 Å². The molecule has 1 heterocycles. The molecular formula is C11H14BrClN2. The molecule has 0 atom stereocenters. The van der Waals surface area contributed by atoms with Crippen molar-refractivity contribution >= 4 is 33.3 Å². The van der Waals surface area contributed by atoms with Crippen LogP contribution in [-0.2, 0) is 0 Å². The van der Waals surface area contributed by atoms with E-state index in [1.54, 1.807) is 6.20 Å². The van der Waals surface area contributed by atoms with E-state index >= 15 is 0 Å². The van der Waals surface area contributed by atoms with Crippen LogP contribution >= 0.6 is 27.5 Å². The molecule has 4 heteroatoms. The summed E-state index contributed by atoms with van der Waals surface area (Å²) in [6, 6.07) is 1.87. The smallest absolute Gasteiger partial charge is 0.145 e. The van der Waals surface area contributed by atoms with Crippen molar-refractivity contribution in [2.75, 3.05) is 5.32 Å². The number of anilines is 1. The molecule has 0 amide bonds. The van der Waals surface area contributed by atoms with E-state index in [1.807, 2.05) is 6.07 Å². The van der Waals surface area contributed by atoms with E-state index in [1.165, 1.54) is 19.3 Å². The first-order chi connectivity index (χ1) is 7.15. The zero-order valence-electron chi connectivity index (χ0n) is 8.69. The van der Waals surface area contributed by atoms with Crippen LogP contribution in [0.4, 0.5) is 5.82 Å². The highest BCUT2D eigenvalue weighted by molar-refractivity contribution is 9.10. The lowest BCUT2D eigenvalue weighted by molar-refractivity contribution is 0.269. The molecule has 0 saturated heterocycles. The Kier molecular flexibility index (Phi) is 3.21. The third kappa shape index (κ3) is 2.28. The van der Waals surface area contributed by atoms with Gasteiger partial charge in [0.15, 0.2) is 0 Å². The molecule has 82 valence electrons. The Labute approximate surface area is 104 Å². The fraction of sp³-hybridized carbons (Fsp3) is 0.545. The van der Waals surface area contributed by atoms with Crippen LogP contribution in [0.1, 0.15) is 32.6 Å². The molecule has 0 aromatic carbocycles. The molecular weight excluding hydrogens is 275 g/mol. The van der Waals surface area contributed by atoms with E-state index in [0.29, 0.717) is 5.02 Å². The average molecular weight is 290 g/mol. The van der Waals surface area contributed by atoms with Gasteiger partial charge in [-0.15, -0.1) is 0 Å². The predicted molar refractivity (Wildman–Crippen MR) is 67.4 cm³/mol. The number of hydrogen-bond acceptors (Lipinski definition) is 2. The molecule has 2 nitrogen and oxygen atoms in total. The van der Waals surface area contributed by atoms with Gasteiger partial charge in [0.1, 0.15) is 5.82 Å². The first kappa shape index (κ1) is 11.2. The third-order valence-corrected chi connectivity index (χ3v) is 3.90. The molecule has 0 radical (unpaired) electrons. The highest BCUT2D eigenvalue weighted by atomic mass is 79.9. The van der Waals surface area contributed by atoms with E-state index in [9.17, 15) is 0 Å². The van der Waals surface area contributed by atoms with Crippen molar-refractivity contribution in [1.82, 2.24) is 4.98 Å². The maximum atomic E-state index is 6.12. The van der Waals surface area contributed by atoms with Gasteiger partial charge in [0.05, 0.1) is 5.02 Å². The van der Waals surface area contributed by atoms with Crippen LogP contribution < -0.4 is 5.32 Å². The summed E-state index contributed by atoms with van der Waals surface area (Å²) in [4.78, 5) is 4.30. The summed E-state index contributed by atoms with van der Waals surface area (Å²) in [6.45, 7) is 2.21. The van der Waals surface area contributed by atoms with Gasteiger partial charge in [-0.2, -0.15) is 0 Å². The second kappa shape index (κ2) is 4.30. The molecule has 1 aromatic heterocycles. The summed E-state index contributed by atoms with van der Waals surface area (Å²) >= 11 is 9.47. The van der Waals surface area contributed by atoms with Crippen molar-refractivity contribution in [2.24, 2.45) is 0 Å². The van der Waals surface area contributed by atoms with Crippen LogP contribution in [0.15, 0.2) is 16.7 Å². The van der Waals surface area contributed by atoms with Crippen LogP contribution in [0.5, 0.6) is 0 Å². The number of nitrogens with zero attached hydrogens (tertiary/aromatic N) is 1. The summed E-state index contributed by atoms with van der Waals surface area (Å²) < 4.78 is 0.914. The molecule has 1 saturated carbocycles. The largest absolute Gasteiger partial charge is 0.363 e. The van der Waals surface area contributed by atoms with Crippen LogP contribution in [0.2, 0.25) is 5.02 Å². The lowest BCUT2D eigenvalue weighted by Crippen LogP contribution is -2.44. The summed E-state index contributed by atoms with van der Waals surface area (Å²) in [5.41, 5.74) is 0.241. The van der Waals surface area contributed by atoms with Gasteiger partial charge >= 0.3 is 0 Å². The Morgan fingerprint density at radius 1 is 1.60 bits per heavy atom. The van der Waals surface area contributed by atoms with Crippen LogP contribution in [0.25, 0.3) is 0 Å². The number of nitrogens with one attached hydrogen (secondary N) is 1. The molecule has 1 N–H and O–H groups in total. The van der Waals surface area contributed by atoms with Gasteiger partial charge in [0.2, 0.25) is 0 Å². The number of rotatable bonds is 3. The lowest BCUT2D eigenvalue weighted by Gasteiger charge is -2.42. The normalized spacial score (nSPS) is 18.3. The van der Waals surface area contributed by atoms with Crippen molar-refractivity contribution in [3.05, 3.63) is 21.8 Å². The molecule has 1 aliphatic rings. The maximum Gasteiger partial charge on any atom is 0.145 e. The Balaban J connectivity index is 2.16. The van der Waals surface area contributed by atoms with Gasteiger partial charge in [-0.3, -0.25) is 0 Å². The minimum absolute atomic E-state index is 0.241. The van der Waals surface area contributed by atoms with Crippen LogP contribution in [0.3, 0.4) is 0 Å². The first-order valence-corrected chi connectivity index (χ1v) is 6.41. The molecule has 1 aromatic rings. The monoisotopic (exact) mass is 288 g/mol. The summed E-state index contributed by atoms with van der Waals surface area (Å²) in [5, 5.41) is 4.16. The van der Waals surface area contributed by atoms with E-state index < -0.39 is 0 Å². The molecule has 0 bridgehead atoms. The summed E-state index contributed by atoms with van der Waals surface area (Å²) in [7, 11) is 0. The molecule has 0 aliphatic heterocycles. The zero-order chi connectivity index (χ0) is 10.9. The molecule has 2 rings (SSSR count). The van der Waals surface area contributed by atoms with Crippen molar-refractivity contribution in [1.29, 1.82) is 0 Å². The Hall–Kier alpha value is -0.280. The van der Waals surface area contributed by atoms with E-state index in [-0.39, 0.29) is 5.54 Å². The van der Waals surface area contributed by atoms with Crippen LogP contribution in [-0.4, -0.2) is 10.5 Å². The summed E-state index contributed by atoms with van der Waals surface area (Å²) in [5.74, 6) is 0.807. The van der Waals surface area contributed by atoms with E-state index in [4.69, 9.17) is 11.6 Å². The zero-order valence-corrected chi connectivity index (χ0v) is 11.0. The Morgan fingerprint density at radius 2 is 2.33 bits per heavy atom. The minimum Gasteiger partial charge on any atom is -0.363 e. The SMILES string of the molecule is CCC1(Nc2ncc(Br)cc2Cl)CCC1. The second-order valence-corrected chi connectivity index (χ2v) is 5.42. The molecule has 0 unspecified atom stereocenters. The van der Waals surface area contributed by atoms with Gasteiger partial charge in [-0.1, -0.05) is 18.5 Å². The standard InChI is InChI=1S/C11H14BrClN2/c1-2-11(4-3-5-11)15-10-9(13)6-8(12)7-14-10/h6-7H,2-5H2,1H3,(H,14,15). The fourth-order valence-electron chi connectivity index (χ4n) is 1.93. The fourth-order valence-corrected chi connectivity index (χ4v) is 2.60. The van der Waals surface area contributed by atoms with E-state index in [2.05, 4.69) is 33.2 Å². The quantitative estimate of drug-likeness (QED) is 0.900. The Morgan fingerprint density at radius 3 is 2.80 bits per heavy atom. The first-order valence-electron chi connectivity index (χ1n) is 5.24. The lowest BCUT2D eigenvalue weighted by atomic mass is 9.75. The minimum atomic E-state index is 0.241. The topological polar surface area (TPSA) is 24.9 Å². The third-order valence-electron chi connectivity index (χ3n) is 3.18. The average Bonchev–Trinajstić information content (AvgIpc) is 2.14. The molecule has 1 aliphatic carbocycles. The van der Waals surface area contributed by atoms with Gasteiger partial charge in [0, 0.05) is 16.2 Å². The van der Waals surface area contributed by atoms with Crippen molar-refractivity contribution in [3.8, 4) is 0 Å². The van der Waals surface area contributed by atoms with Gasteiger partial charge < -0.3 is 5.32 Å². The molecule has 15 heavy (non-hydrogen) atoms. The summed E-state index contributed by atoms with van der Waals surface area (Å²) in [6.07, 6.45) is 6.64. The predicted octanol–water partition coefficient (Wildman–Crippen LogP) is 4.24. The molecule has 1 fully saturated rings. The second-order valence-electron chi connectivity index (χ2n) is 4.10. The maximum absolute atomic E-state index is 6.12.